The molecule has 6 nitrogen and oxygen atoms in total. The Balaban J connectivity index is 1.68. The van der Waals surface area contributed by atoms with Gasteiger partial charge in [-0.05, 0) is 36.6 Å². The van der Waals surface area contributed by atoms with Gasteiger partial charge in [0.1, 0.15) is 0 Å². The van der Waals surface area contributed by atoms with Crippen molar-refractivity contribution in [3.63, 3.8) is 0 Å². The molecule has 2 heterocycles. The number of nitrogens with zero attached hydrogens (tertiary/aromatic N) is 3. The number of carbonyl (C=O) groups excluding carboxylic acids is 1. The fourth-order valence-corrected chi connectivity index (χ4v) is 2.52. The third-order valence-electron chi connectivity index (χ3n) is 3.61. The summed E-state index contributed by atoms with van der Waals surface area (Å²) in [5.41, 5.74) is 2.72. The summed E-state index contributed by atoms with van der Waals surface area (Å²) in [7, 11) is 0. The molecule has 0 fully saturated rings. The summed E-state index contributed by atoms with van der Waals surface area (Å²) in [5, 5.41) is 10.8. The molecule has 0 spiro atoms. The number of anilines is 2. The summed E-state index contributed by atoms with van der Waals surface area (Å²) in [6.07, 6.45) is 0.483. The Morgan fingerprint density at radius 1 is 1.23 bits per heavy atom. The average Bonchev–Trinajstić information content (AvgIpc) is 2.55. The third kappa shape index (κ3) is 3.16. The molecule has 0 saturated heterocycles. The number of ether oxygens (including phenoxy) is 1. The molecule has 1 aromatic heterocycles. The van der Waals surface area contributed by atoms with Gasteiger partial charge in [0.05, 0.1) is 6.61 Å². The molecule has 3 rings (SSSR count). The third-order valence-corrected chi connectivity index (χ3v) is 3.61. The van der Waals surface area contributed by atoms with Gasteiger partial charge in [0.2, 0.25) is 0 Å². The molecule has 0 bridgehead atoms. The van der Waals surface area contributed by atoms with E-state index in [1.807, 2.05) is 6.07 Å². The van der Waals surface area contributed by atoms with Crippen molar-refractivity contribution < 1.29 is 9.53 Å². The van der Waals surface area contributed by atoms with Crippen LogP contribution in [0, 0.1) is 0 Å². The van der Waals surface area contributed by atoms with E-state index in [4.69, 9.17) is 4.74 Å². The highest BCUT2D eigenvalue weighted by molar-refractivity contribution is 5.83. The standard InChI is InChI=1S/C16H18N4O2/c1-2-22-16(21)17-14-7-8-15(19-18-14)20-10-9-12-5-3-4-6-13(12)11-20/h3-8H,2,9-11H2,1H3,(H,17,18,21). The Morgan fingerprint density at radius 2 is 2.05 bits per heavy atom. The molecule has 1 N–H and O–H groups in total. The zero-order valence-corrected chi connectivity index (χ0v) is 12.5. The van der Waals surface area contributed by atoms with Crippen molar-refractivity contribution in [3.05, 3.63) is 47.5 Å². The Morgan fingerprint density at radius 3 is 2.77 bits per heavy atom. The molecule has 0 saturated carbocycles. The zero-order valence-electron chi connectivity index (χ0n) is 12.5. The summed E-state index contributed by atoms with van der Waals surface area (Å²) < 4.78 is 4.80. The first-order valence-electron chi connectivity index (χ1n) is 7.35. The van der Waals surface area contributed by atoms with Crippen molar-refractivity contribution in [2.75, 3.05) is 23.4 Å². The molecule has 114 valence electrons. The van der Waals surface area contributed by atoms with Crippen molar-refractivity contribution >= 4 is 17.7 Å². The number of nitrogens with one attached hydrogen (secondary N) is 1. The van der Waals surface area contributed by atoms with Crippen molar-refractivity contribution in [1.29, 1.82) is 0 Å². The van der Waals surface area contributed by atoms with Crippen LogP contribution >= 0.6 is 0 Å². The van der Waals surface area contributed by atoms with Gasteiger partial charge in [-0.25, -0.2) is 4.79 Å². The first-order chi connectivity index (χ1) is 10.8. The predicted molar refractivity (Wildman–Crippen MR) is 83.9 cm³/mol. The minimum Gasteiger partial charge on any atom is -0.450 e. The minimum absolute atomic E-state index is 0.324. The van der Waals surface area contributed by atoms with Crippen LogP contribution in [0.15, 0.2) is 36.4 Å². The maximum absolute atomic E-state index is 11.3. The largest absolute Gasteiger partial charge is 0.450 e. The molecule has 0 radical (unpaired) electrons. The number of fused-ring (bicyclic) bond motifs is 1. The fourth-order valence-electron chi connectivity index (χ4n) is 2.52. The van der Waals surface area contributed by atoms with Crippen LogP contribution in [0.4, 0.5) is 16.4 Å². The van der Waals surface area contributed by atoms with Gasteiger partial charge in [-0.1, -0.05) is 24.3 Å². The lowest BCUT2D eigenvalue weighted by Crippen LogP contribution is -2.31. The quantitative estimate of drug-likeness (QED) is 0.943. The van der Waals surface area contributed by atoms with Gasteiger partial charge in [-0.15, -0.1) is 10.2 Å². The molecule has 0 unspecified atom stereocenters. The number of hydrogen-bond acceptors (Lipinski definition) is 5. The molecule has 6 heteroatoms. The second-order valence-corrected chi connectivity index (χ2v) is 5.06. The van der Waals surface area contributed by atoms with Crippen LogP contribution in [0.25, 0.3) is 0 Å². The molecule has 1 aliphatic heterocycles. The van der Waals surface area contributed by atoms with E-state index in [2.05, 4.69) is 44.7 Å². The van der Waals surface area contributed by atoms with E-state index in [1.54, 1.807) is 13.0 Å². The first kappa shape index (κ1) is 14.3. The Kier molecular flexibility index (Phi) is 4.18. The van der Waals surface area contributed by atoms with Crippen LogP contribution in [0.2, 0.25) is 0 Å². The Hall–Kier alpha value is -2.63. The fraction of sp³-hybridized carbons (Fsp3) is 0.312. The van der Waals surface area contributed by atoms with E-state index in [1.165, 1.54) is 11.1 Å². The molecule has 0 aliphatic carbocycles. The molecule has 2 aromatic rings. The van der Waals surface area contributed by atoms with Gasteiger partial charge < -0.3 is 9.64 Å². The smallest absolute Gasteiger partial charge is 0.412 e. The predicted octanol–water partition coefficient (Wildman–Crippen LogP) is 2.61. The molecule has 1 amide bonds. The van der Waals surface area contributed by atoms with Crippen molar-refractivity contribution in [1.82, 2.24) is 10.2 Å². The summed E-state index contributed by atoms with van der Waals surface area (Å²) in [6, 6.07) is 12.0. The first-order valence-corrected chi connectivity index (χ1v) is 7.35. The van der Waals surface area contributed by atoms with Gasteiger partial charge in [0.15, 0.2) is 11.6 Å². The number of benzene rings is 1. The van der Waals surface area contributed by atoms with Crippen molar-refractivity contribution in [2.24, 2.45) is 0 Å². The van der Waals surface area contributed by atoms with E-state index in [0.717, 1.165) is 25.3 Å². The van der Waals surface area contributed by atoms with Crippen molar-refractivity contribution in [2.45, 2.75) is 19.9 Å². The maximum Gasteiger partial charge on any atom is 0.412 e. The lowest BCUT2D eigenvalue weighted by Gasteiger charge is -2.29. The zero-order chi connectivity index (χ0) is 15.4. The molecular formula is C16H18N4O2. The lowest BCUT2D eigenvalue weighted by molar-refractivity contribution is 0.168. The molecule has 22 heavy (non-hydrogen) atoms. The average molecular weight is 298 g/mol. The van der Waals surface area contributed by atoms with Crippen LogP contribution in [-0.4, -0.2) is 29.4 Å². The topological polar surface area (TPSA) is 67.3 Å². The Labute approximate surface area is 129 Å². The SMILES string of the molecule is CCOC(=O)Nc1ccc(N2CCc3ccccc3C2)nn1. The van der Waals surface area contributed by atoms with Crippen LogP contribution < -0.4 is 10.2 Å². The normalized spacial score (nSPS) is 13.4. The highest BCUT2D eigenvalue weighted by Crippen LogP contribution is 2.22. The van der Waals surface area contributed by atoms with Crippen LogP contribution in [-0.2, 0) is 17.7 Å². The summed E-state index contributed by atoms with van der Waals surface area (Å²) in [6.45, 7) is 3.82. The summed E-state index contributed by atoms with van der Waals surface area (Å²) >= 11 is 0. The van der Waals surface area contributed by atoms with Gasteiger partial charge in [0.25, 0.3) is 0 Å². The highest BCUT2D eigenvalue weighted by Gasteiger charge is 2.17. The number of amides is 1. The van der Waals surface area contributed by atoms with Gasteiger partial charge in [-0.2, -0.15) is 0 Å². The van der Waals surface area contributed by atoms with Crippen molar-refractivity contribution in [3.8, 4) is 0 Å². The van der Waals surface area contributed by atoms with Gasteiger partial charge in [-0.3, -0.25) is 5.32 Å². The molecule has 1 aromatic carbocycles. The van der Waals surface area contributed by atoms with E-state index >= 15 is 0 Å². The summed E-state index contributed by atoms with van der Waals surface area (Å²) in [4.78, 5) is 13.5. The number of rotatable bonds is 3. The number of carbonyl (C=O) groups is 1. The van der Waals surface area contributed by atoms with E-state index < -0.39 is 6.09 Å². The molecular weight excluding hydrogens is 280 g/mol. The van der Waals surface area contributed by atoms with E-state index in [0.29, 0.717) is 12.4 Å². The second kappa shape index (κ2) is 6.43. The molecule has 0 atom stereocenters. The maximum atomic E-state index is 11.3. The Bertz CT molecular complexity index is 657. The van der Waals surface area contributed by atoms with E-state index in [-0.39, 0.29) is 0 Å². The second-order valence-electron chi connectivity index (χ2n) is 5.06. The number of aromatic nitrogens is 2. The monoisotopic (exact) mass is 298 g/mol. The number of hydrogen-bond donors (Lipinski definition) is 1. The van der Waals surface area contributed by atoms with E-state index in [9.17, 15) is 4.79 Å². The van der Waals surface area contributed by atoms with Crippen LogP contribution in [0.5, 0.6) is 0 Å². The summed E-state index contributed by atoms with van der Waals surface area (Å²) in [5.74, 6) is 1.20. The molecule has 1 aliphatic rings. The van der Waals surface area contributed by atoms with Crippen LogP contribution in [0.1, 0.15) is 18.1 Å². The minimum atomic E-state index is -0.517. The van der Waals surface area contributed by atoms with Gasteiger partial charge in [0, 0.05) is 13.1 Å². The van der Waals surface area contributed by atoms with Gasteiger partial charge >= 0.3 is 6.09 Å². The van der Waals surface area contributed by atoms with Crippen LogP contribution in [0.3, 0.4) is 0 Å². The highest BCUT2D eigenvalue weighted by atomic mass is 16.5. The lowest BCUT2D eigenvalue weighted by atomic mass is 10.00.